The quantitative estimate of drug-likeness (QED) is 0.360. The van der Waals surface area contributed by atoms with Crippen molar-refractivity contribution in [2.45, 2.75) is 72.1 Å². The van der Waals surface area contributed by atoms with Crippen LogP contribution in [-0.2, 0) is 21.1 Å². The summed E-state index contributed by atoms with van der Waals surface area (Å²) in [4.78, 5) is 32.0. The van der Waals surface area contributed by atoms with Gasteiger partial charge in [0.15, 0.2) is 0 Å². The maximum absolute atomic E-state index is 13.1. The number of hydrogen-bond donors (Lipinski definition) is 2. The van der Waals surface area contributed by atoms with Crippen molar-refractivity contribution >= 4 is 42.3 Å². The maximum atomic E-state index is 13.1. The van der Waals surface area contributed by atoms with Gasteiger partial charge in [0.05, 0.1) is 29.0 Å². The lowest BCUT2D eigenvalue weighted by Crippen LogP contribution is -2.52. The lowest BCUT2D eigenvalue weighted by Gasteiger charge is -2.40. The Labute approximate surface area is 197 Å². The smallest absolute Gasteiger partial charge is 0.314 e. The number of rotatable bonds is 7. The van der Waals surface area contributed by atoms with E-state index < -0.39 is 19.9 Å². The summed E-state index contributed by atoms with van der Waals surface area (Å²) in [5.41, 5.74) is 7.04. The number of ether oxygens (including phenoxy) is 1. The SMILES string of the molecule is CC1CCC(C(C)C)N(C(=O)C(=O)Nc2cnc(N)c3cnn(COCC[Si](C)(C)C)c23)C1. The van der Waals surface area contributed by atoms with Gasteiger partial charge in [0.2, 0.25) is 0 Å². The normalized spacial score (nSPS) is 19.3. The highest BCUT2D eigenvalue weighted by Gasteiger charge is 2.35. The van der Waals surface area contributed by atoms with Gasteiger partial charge in [-0.15, -0.1) is 0 Å². The van der Waals surface area contributed by atoms with Gasteiger partial charge in [-0.2, -0.15) is 5.10 Å². The van der Waals surface area contributed by atoms with Crippen LogP contribution in [0.5, 0.6) is 0 Å². The van der Waals surface area contributed by atoms with E-state index in [-0.39, 0.29) is 18.7 Å². The number of pyridine rings is 1. The molecule has 0 radical (unpaired) electrons. The van der Waals surface area contributed by atoms with Gasteiger partial charge in [-0.05, 0) is 30.7 Å². The zero-order valence-electron chi connectivity index (χ0n) is 20.7. The van der Waals surface area contributed by atoms with E-state index in [2.05, 4.69) is 55.8 Å². The molecule has 2 amide bonds. The molecule has 3 heterocycles. The largest absolute Gasteiger partial charge is 0.383 e. The molecule has 3 N–H and O–H groups in total. The number of piperidine rings is 1. The Hall–Kier alpha value is -2.46. The van der Waals surface area contributed by atoms with Crippen molar-refractivity contribution in [3.63, 3.8) is 0 Å². The molecule has 33 heavy (non-hydrogen) atoms. The molecule has 3 rings (SSSR count). The first kappa shape index (κ1) is 25.2. The topological polar surface area (TPSA) is 115 Å². The van der Waals surface area contributed by atoms with Crippen molar-refractivity contribution in [3.8, 4) is 0 Å². The molecule has 0 spiro atoms. The highest BCUT2D eigenvalue weighted by Crippen LogP contribution is 2.29. The summed E-state index contributed by atoms with van der Waals surface area (Å²) in [6, 6.07) is 1.11. The molecule has 0 bridgehead atoms. The average Bonchev–Trinajstić information content (AvgIpc) is 3.16. The van der Waals surface area contributed by atoms with Crippen LogP contribution in [0, 0.1) is 11.8 Å². The average molecular weight is 475 g/mol. The molecule has 182 valence electrons. The highest BCUT2D eigenvalue weighted by molar-refractivity contribution is 6.76. The fraction of sp³-hybridized carbons (Fsp3) is 0.652. The number of carbonyl (C=O) groups is 2. The summed E-state index contributed by atoms with van der Waals surface area (Å²) in [5.74, 6) is -0.213. The molecule has 0 aromatic carbocycles. The Morgan fingerprint density at radius 3 is 2.67 bits per heavy atom. The molecule has 1 aliphatic rings. The summed E-state index contributed by atoms with van der Waals surface area (Å²) in [6.45, 7) is 14.6. The maximum Gasteiger partial charge on any atom is 0.314 e. The fourth-order valence-electron chi connectivity index (χ4n) is 4.25. The molecule has 1 saturated heterocycles. The monoisotopic (exact) mass is 474 g/mol. The lowest BCUT2D eigenvalue weighted by molar-refractivity contribution is -0.147. The van der Waals surface area contributed by atoms with Crippen LogP contribution in [0.25, 0.3) is 10.9 Å². The van der Waals surface area contributed by atoms with Crippen LogP contribution in [0.1, 0.15) is 33.6 Å². The minimum atomic E-state index is -1.21. The van der Waals surface area contributed by atoms with Crippen molar-refractivity contribution in [2.75, 3.05) is 24.2 Å². The zero-order valence-corrected chi connectivity index (χ0v) is 21.7. The van der Waals surface area contributed by atoms with Crippen LogP contribution in [0.3, 0.4) is 0 Å². The van der Waals surface area contributed by atoms with Crippen molar-refractivity contribution in [2.24, 2.45) is 11.8 Å². The van der Waals surface area contributed by atoms with Crippen molar-refractivity contribution < 1.29 is 14.3 Å². The Bertz CT molecular complexity index is 1000. The van der Waals surface area contributed by atoms with Crippen LogP contribution >= 0.6 is 0 Å². The number of nitrogens with two attached hydrogens (primary N) is 1. The van der Waals surface area contributed by atoms with Gasteiger partial charge in [0, 0.05) is 27.3 Å². The Balaban J connectivity index is 1.79. The first-order chi connectivity index (χ1) is 15.5. The number of fused-ring (bicyclic) bond motifs is 1. The summed E-state index contributed by atoms with van der Waals surface area (Å²) in [7, 11) is -1.21. The molecule has 1 aliphatic heterocycles. The minimum Gasteiger partial charge on any atom is -0.383 e. The number of nitrogens with one attached hydrogen (secondary N) is 1. The number of likely N-dealkylation sites (tertiary alicyclic amines) is 1. The van der Waals surface area contributed by atoms with Crippen molar-refractivity contribution in [3.05, 3.63) is 12.4 Å². The first-order valence-corrected chi connectivity index (χ1v) is 15.5. The number of nitrogen functional groups attached to an aromatic ring is 1. The third kappa shape index (κ3) is 6.11. The minimum absolute atomic E-state index is 0.0642. The van der Waals surface area contributed by atoms with E-state index in [4.69, 9.17) is 10.5 Å². The van der Waals surface area contributed by atoms with Gasteiger partial charge in [0.1, 0.15) is 12.5 Å². The molecular formula is C23H38N6O3Si. The molecule has 9 nitrogen and oxygen atoms in total. The van der Waals surface area contributed by atoms with Gasteiger partial charge in [-0.1, -0.05) is 40.4 Å². The zero-order chi connectivity index (χ0) is 24.3. The van der Waals surface area contributed by atoms with Crippen LogP contribution in [0.4, 0.5) is 11.5 Å². The standard InChI is InChI=1S/C23H38N6O3Si/c1-15(2)19-8-7-16(3)13-28(19)23(31)22(30)27-18-12-25-21(24)17-11-26-29(20(17)18)14-32-9-10-33(4,5)6/h11-12,15-16,19H,7-10,13-14H2,1-6H3,(H2,24,25)(H,27,30). The lowest BCUT2D eigenvalue weighted by atomic mass is 9.88. The summed E-state index contributed by atoms with van der Waals surface area (Å²) < 4.78 is 7.49. The number of amides is 2. The van der Waals surface area contributed by atoms with E-state index in [0.717, 1.165) is 18.9 Å². The third-order valence-corrected chi connectivity index (χ3v) is 7.95. The molecule has 1 fully saturated rings. The molecule has 2 unspecified atom stereocenters. The van der Waals surface area contributed by atoms with Gasteiger partial charge in [-0.25, -0.2) is 9.67 Å². The van der Waals surface area contributed by atoms with Crippen molar-refractivity contribution in [1.82, 2.24) is 19.7 Å². The molecule has 10 heteroatoms. The number of hydrogen-bond acceptors (Lipinski definition) is 6. The molecule has 2 aromatic heterocycles. The van der Waals surface area contributed by atoms with Crippen LogP contribution in [0.15, 0.2) is 12.4 Å². The van der Waals surface area contributed by atoms with E-state index in [9.17, 15) is 9.59 Å². The van der Waals surface area contributed by atoms with E-state index in [0.29, 0.717) is 41.5 Å². The fourth-order valence-corrected chi connectivity index (χ4v) is 5.00. The van der Waals surface area contributed by atoms with E-state index in [1.807, 2.05) is 0 Å². The Kier molecular flexibility index (Phi) is 7.79. The third-order valence-electron chi connectivity index (χ3n) is 6.25. The first-order valence-electron chi connectivity index (χ1n) is 11.8. The summed E-state index contributed by atoms with van der Waals surface area (Å²) >= 11 is 0. The molecule has 0 saturated carbocycles. The number of carbonyl (C=O) groups excluding carboxylic acids is 2. The highest BCUT2D eigenvalue weighted by atomic mass is 28.3. The predicted octanol–water partition coefficient (Wildman–Crippen LogP) is 3.55. The Morgan fingerprint density at radius 2 is 2.00 bits per heavy atom. The molecule has 2 aromatic rings. The summed E-state index contributed by atoms with van der Waals surface area (Å²) in [6.07, 6.45) is 5.06. The van der Waals surface area contributed by atoms with Gasteiger partial charge >= 0.3 is 11.8 Å². The van der Waals surface area contributed by atoms with Gasteiger partial charge in [-0.3, -0.25) is 9.59 Å². The second-order valence-electron chi connectivity index (χ2n) is 10.7. The van der Waals surface area contributed by atoms with Crippen LogP contribution in [0.2, 0.25) is 25.7 Å². The molecule has 2 atom stereocenters. The van der Waals surface area contributed by atoms with E-state index in [1.165, 1.54) is 6.20 Å². The van der Waals surface area contributed by atoms with E-state index in [1.54, 1.807) is 15.8 Å². The predicted molar refractivity (Wildman–Crippen MR) is 133 cm³/mol. The molecule has 0 aliphatic carbocycles. The van der Waals surface area contributed by atoms with Crippen molar-refractivity contribution in [1.29, 1.82) is 0 Å². The van der Waals surface area contributed by atoms with E-state index >= 15 is 0 Å². The summed E-state index contributed by atoms with van der Waals surface area (Å²) in [5, 5.41) is 7.75. The second-order valence-corrected chi connectivity index (χ2v) is 16.3. The van der Waals surface area contributed by atoms with Crippen LogP contribution in [-0.4, -0.2) is 58.7 Å². The number of aromatic nitrogens is 3. The number of nitrogens with zero attached hydrogens (tertiary/aromatic N) is 4. The van der Waals surface area contributed by atoms with Crippen LogP contribution < -0.4 is 11.1 Å². The number of anilines is 2. The Morgan fingerprint density at radius 1 is 1.27 bits per heavy atom. The van der Waals surface area contributed by atoms with Gasteiger partial charge in [0.25, 0.3) is 0 Å². The van der Waals surface area contributed by atoms with Gasteiger partial charge < -0.3 is 20.7 Å². The molecular weight excluding hydrogens is 436 g/mol. The second kappa shape index (κ2) is 10.2.